The lowest BCUT2D eigenvalue weighted by atomic mass is 9.97. The standard InChI is InChI=1S/C27H24F2N4O3S/c1-37(35,36)33-14-12-19(13-15-33)27(34)30-22-10-11-23-24(16-22)32-26(18-4-8-21(29)9-5-18)25(31-23)17-2-6-20(28)7-3-17/h2-11,16,19H,12-15H2,1H3,(H,30,34). The normalized spacial score (nSPS) is 15.1. The molecule has 1 aromatic heterocycles. The maximum atomic E-state index is 13.6. The fourth-order valence-electron chi connectivity index (χ4n) is 4.44. The van der Waals surface area contributed by atoms with Crippen LogP contribution in [-0.2, 0) is 14.8 Å². The Hall–Kier alpha value is -3.76. The number of aromatic nitrogens is 2. The number of hydrogen-bond acceptors (Lipinski definition) is 5. The minimum atomic E-state index is -3.27. The Labute approximate surface area is 213 Å². The first-order valence-corrected chi connectivity index (χ1v) is 13.6. The number of halogens is 2. The van der Waals surface area contributed by atoms with Crippen LogP contribution in [0.15, 0.2) is 66.7 Å². The number of sulfonamides is 1. The van der Waals surface area contributed by atoms with E-state index in [9.17, 15) is 22.0 Å². The minimum absolute atomic E-state index is 0.179. The van der Waals surface area contributed by atoms with E-state index >= 15 is 0 Å². The fraction of sp³-hybridized carbons (Fsp3) is 0.222. The van der Waals surface area contributed by atoms with Gasteiger partial charge in [0.2, 0.25) is 15.9 Å². The number of piperidine rings is 1. The zero-order chi connectivity index (χ0) is 26.2. The number of carbonyl (C=O) groups excluding carboxylic acids is 1. The van der Waals surface area contributed by atoms with E-state index in [1.807, 2.05) is 0 Å². The highest BCUT2D eigenvalue weighted by atomic mass is 32.2. The van der Waals surface area contributed by atoms with Crippen LogP contribution >= 0.6 is 0 Å². The van der Waals surface area contributed by atoms with E-state index in [0.29, 0.717) is 65.2 Å². The number of amides is 1. The average Bonchev–Trinajstić information content (AvgIpc) is 2.88. The lowest BCUT2D eigenvalue weighted by Crippen LogP contribution is -2.40. The van der Waals surface area contributed by atoms with Gasteiger partial charge in [0.15, 0.2) is 0 Å². The third kappa shape index (κ3) is 5.50. The summed E-state index contributed by atoms with van der Waals surface area (Å²) in [5.74, 6) is -1.23. The summed E-state index contributed by atoms with van der Waals surface area (Å²) in [6, 6.07) is 17.0. The SMILES string of the molecule is CS(=O)(=O)N1CCC(C(=O)Nc2ccc3nc(-c4ccc(F)cc4)c(-c4ccc(F)cc4)nc3c2)CC1. The zero-order valence-electron chi connectivity index (χ0n) is 20.0. The van der Waals surface area contributed by atoms with Crippen LogP contribution < -0.4 is 5.32 Å². The van der Waals surface area contributed by atoms with Gasteiger partial charge < -0.3 is 5.32 Å². The van der Waals surface area contributed by atoms with Crippen molar-refractivity contribution in [2.45, 2.75) is 12.8 Å². The number of anilines is 1. The molecule has 0 radical (unpaired) electrons. The van der Waals surface area contributed by atoms with Crippen molar-refractivity contribution in [3.05, 3.63) is 78.4 Å². The van der Waals surface area contributed by atoms with Crippen molar-refractivity contribution in [3.8, 4) is 22.5 Å². The van der Waals surface area contributed by atoms with Gasteiger partial charge in [0.25, 0.3) is 0 Å². The summed E-state index contributed by atoms with van der Waals surface area (Å²) in [6.07, 6.45) is 2.06. The molecule has 0 spiro atoms. The van der Waals surface area contributed by atoms with E-state index in [1.165, 1.54) is 34.8 Å². The van der Waals surface area contributed by atoms with Crippen LogP contribution in [0, 0.1) is 17.6 Å². The lowest BCUT2D eigenvalue weighted by molar-refractivity contribution is -0.120. The van der Waals surface area contributed by atoms with Crippen LogP contribution in [-0.4, -0.2) is 47.9 Å². The van der Waals surface area contributed by atoms with Gasteiger partial charge >= 0.3 is 0 Å². The lowest BCUT2D eigenvalue weighted by Gasteiger charge is -2.29. The van der Waals surface area contributed by atoms with Gasteiger partial charge in [0.1, 0.15) is 11.6 Å². The van der Waals surface area contributed by atoms with Gasteiger partial charge in [0, 0.05) is 35.8 Å². The third-order valence-electron chi connectivity index (χ3n) is 6.46. The summed E-state index contributed by atoms with van der Waals surface area (Å²) >= 11 is 0. The molecule has 0 bridgehead atoms. The van der Waals surface area contributed by atoms with Gasteiger partial charge in [-0.1, -0.05) is 0 Å². The van der Waals surface area contributed by atoms with Crippen LogP contribution in [0.25, 0.3) is 33.5 Å². The predicted octanol–water partition coefficient (Wildman–Crippen LogP) is 4.85. The molecule has 1 aliphatic heterocycles. The van der Waals surface area contributed by atoms with Gasteiger partial charge in [-0.25, -0.2) is 31.5 Å². The second-order valence-corrected chi connectivity index (χ2v) is 11.0. The number of fused-ring (bicyclic) bond motifs is 1. The number of hydrogen-bond donors (Lipinski definition) is 1. The van der Waals surface area contributed by atoms with E-state index in [4.69, 9.17) is 9.97 Å². The van der Waals surface area contributed by atoms with Crippen molar-refractivity contribution in [1.82, 2.24) is 14.3 Å². The zero-order valence-corrected chi connectivity index (χ0v) is 20.8. The Kier molecular flexibility index (Phi) is 6.70. The first kappa shape index (κ1) is 24.9. The van der Waals surface area contributed by atoms with E-state index < -0.39 is 10.0 Å². The number of nitrogens with one attached hydrogen (secondary N) is 1. The quantitative estimate of drug-likeness (QED) is 0.405. The molecule has 0 atom stereocenters. The minimum Gasteiger partial charge on any atom is -0.326 e. The Bertz CT molecular complexity index is 1570. The number of nitrogens with zero attached hydrogens (tertiary/aromatic N) is 3. The summed E-state index contributed by atoms with van der Waals surface area (Å²) in [4.78, 5) is 22.4. The summed E-state index contributed by atoms with van der Waals surface area (Å²) in [6.45, 7) is 0.626. The number of carbonyl (C=O) groups is 1. The predicted molar refractivity (Wildman–Crippen MR) is 138 cm³/mol. The van der Waals surface area contributed by atoms with Crippen LogP contribution in [0.2, 0.25) is 0 Å². The van der Waals surface area contributed by atoms with E-state index in [0.717, 1.165) is 0 Å². The Morgan fingerprint density at radius 3 is 1.86 bits per heavy atom. The Morgan fingerprint density at radius 2 is 1.35 bits per heavy atom. The highest BCUT2D eigenvalue weighted by Crippen LogP contribution is 2.32. The summed E-state index contributed by atoms with van der Waals surface area (Å²) in [5, 5.41) is 2.91. The summed E-state index contributed by atoms with van der Waals surface area (Å²) < 4.78 is 52.0. The number of benzene rings is 3. The first-order chi connectivity index (χ1) is 17.7. The molecule has 0 unspecified atom stereocenters. The summed E-state index contributed by atoms with van der Waals surface area (Å²) in [5.41, 5.74) is 3.95. The molecule has 37 heavy (non-hydrogen) atoms. The molecule has 5 rings (SSSR count). The highest BCUT2D eigenvalue weighted by Gasteiger charge is 2.29. The molecule has 7 nitrogen and oxygen atoms in total. The maximum absolute atomic E-state index is 13.6. The van der Waals surface area contributed by atoms with Gasteiger partial charge in [-0.2, -0.15) is 0 Å². The maximum Gasteiger partial charge on any atom is 0.227 e. The Morgan fingerprint density at radius 1 is 0.838 bits per heavy atom. The molecule has 1 aliphatic rings. The molecule has 10 heteroatoms. The molecule has 1 N–H and O–H groups in total. The van der Waals surface area contributed by atoms with Crippen molar-refractivity contribution in [1.29, 1.82) is 0 Å². The van der Waals surface area contributed by atoms with Crippen molar-refractivity contribution < 1.29 is 22.0 Å². The van der Waals surface area contributed by atoms with Crippen molar-refractivity contribution in [3.63, 3.8) is 0 Å². The Balaban J connectivity index is 1.46. The molecule has 3 aromatic carbocycles. The summed E-state index contributed by atoms with van der Waals surface area (Å²) in [7, 11) is -3.27. The van der Waals surface area contributed by atoms with Crippen LogP contribution in [0.3, 0.4) is 0 Å². The van der Waals surface area contributed by atoms with E-state index in [2.05, 4.69) is 5.32 Å². The van der Waals surface area contributed by atoms with Crippen LogP contribution in [0.4, 0.5) is 14.5 Å². The first-order valence-electron chi connectivity index (χ1n) is 11.8. The third-order valence-corrected chi connectivity index (χ3v) is 7.76. The van der Waals surface area contributed by atoms with Crippen LogP contribution in [0.1, 0.15) is 12.8 Å². The van der Waals surface area contributed by atoms with E-state index in [1.54, 1.807) is 42.5 Å². The van der Waals surface area contributed by atoms with Crippen molar-refractivity contribution >= 4 is 32.7 Å². The topological polar surface area (TPSA) is 92.3 Å². The molecular formula is C27H24F2N4O3S. The molecule has 2 heterocycles. The molecule has 190 valence electrons. The second-order valence-electron chi connectivity index (χ2n) is 9.06. The van der Waals surface area contributed by atoms with Gasteiger partial charge in [-0.15, -0.1) is 0 Å². The molecule has 1 saturated heterocycles. The smallest absolute Gasteiger partial charge is 0.227 e. The van der Waals surface area contributed by atoms with Crippen molar-refractivity contribution in [2.75, 3.05) is 24.7 Å². The highest BCUT2D eigenvalue weighted by molar-refractivity contribution is 7.88. The molecular weight excluding hydrogens is 498 g/mol. The average molecular weight is 523 g/mol. The largest absolute Gasteiger partial charge is 0.326 e. The number of rotatable bonds is 5. The van der Waals surface area contributed by atoms with Gasteiger partial charge in [-0.3, -0.25) is 4.79 Å². The van der Waals surface area contributed by atoms with E-state index in [-0.39, 0.29) is 23.5 Å². The molecule has 4 aromatic rings. The van der Waals surface area contributed by atoms with Gasteiger partial charge in [-0.05, 0) is 79.6 Å². The fourth-order valence-corrected chi connectivity index (χ4v) is 5.32. The molecule has 1 fully saturated rings. The molecule has 1 amide bonds. The van der Waals surface area contributed by atoms with Gasteiger partial charge in [0.05, 0.1) is 28.7 Å². The van der Waals surface area contributed by atoms with Crippen LogP contribution in [0.5, 0.6) is 0 Å². The molecule has 0 aliphatic carbocycles. The monoisotopic (exact) mass is 522 g/mol. The van der Waals surface area contributed by atoms with Crippen molar-refractivity contribution in [2.24, 2.45) is 5.92 Å². The second kappa shape index (κ2) is 9.95. The molecule has 0 saturated carbocycles.